The summed E-state index contributed by atoms with van der Waals surface area (Å²) in [6, 6.07) is 19.8. The fraction of sp³-hybridized carbons (Fsp3) is 0.0909. The minimum atomic E-state index is -4.86. The largest absolute Gasteiger partial charge is 0.573 e. The number of ether oxygens (including phenoxy) is 1. The highest BCUT2D eigenvalue weighted by Crippen LogP contribution is 2.27. The summed E-state index contributed by atoms with van der Waals surface area (Å²) in [5.41, 5.74) is 3.22. The van der Waals surface area contributed by atoms with Gasteiger partial charge in [-0.1, -0.05) is 48.5 Å². The number of halogens is 3. The third kappa shape index (κ3) is 5.83. The topological polar surface area (TPSA) is 87.7 Å². The van der Waals surface area contributed by atoms with E-state index in [1.807, 2.05) is 0 Å². The summed E-state index contributed by atoms with van der Waals surface area (Å²) in [5.74, 6) is -2.53. The van der Waals surface area contributed by atoms with Crippen molar-refractivity contribution in [1.82, 2.24) is 5.48 Å². The molecule has 3 aromatic rings. The van der Waals surface area contributed by atoms with Crippen molar-refractivity contribution >= 4 is 17.5 Å². The second-order valence-electron chi connectivity index (χ2n) is 6.47. The van der Waals surface area contributed by atoms with Gasteiger partial charge in [-0.05, 0) is 41.5 Å². The van der Waals surface area contributed by atoms with Gasteiger partial charge in [0.25, 0.3) is 11.8 Å². The van der Waals surface area contributed by atoms with Crippen molar-refractivity contribution in [2.75, 3.05) is 5.32 Å². The van der Waals surface area contributed by atoms with Gasteiger partial charge in [0.05, 0.1) is 5.92 Å². The van der Waals surface area contributed by atoms with E-state index in [1.165, 1.54) is 12.1 Å². The summed E-state index contributed by atoms with van der Waals surface area (Å²) in [5, 5.41) is 11.7. The van der Waals surface area contributed by atoms with Crippen LogP contribution in [0.25, 0.3) is 0 Å². The van der Waals surface area contributed by atoms with E-state index >= 15 is 0 Å². The summed E-state index contributed by atoms with van der Waals surface area (Å²) in [4.78, 5) is 24.6. The Morgan fingerprint density at radius 3 is 2.13 bits per heavy atom. The fourth-order valence-corrected chi connectivity index (χ4v) is 3.00. The Morgan fingerprint density at radius 2 is 1.52 bits per heavy atom. The van der Waals surface area contributed by atoms with Crippen molar-refractivity contribution in [3.05, 3.63) is 95.6 Å². The number of carbonyl (C=O) groups excluding carboxylic acids is 2. The molecule has 160 valence electrons. The first kappa shape index (κ1) is 21.8. The molecule has 6 nitrogen and oxygen atoms in total. The Labute approximate surface area is 175 Å². The predicted octanol–water partition coefficient (Wildman–Crippen LogP) is 4.47. The number of amides is 2. The number of alkyl halides is 3. The second kappa shape index (κ2) is 9.31. The average Bonchev–Trinajstić information content (AvgIpc) is 2.74. The molecular formula is C22H17F3N2O4. The SMILES string of the molecule is O=C(Nc1ccc(C(C(=O)NO)c2ccccc2)cc1)c1cccc(OC(F)(F)F)c1. The Balaban J connectivity index is 1.76. The minimum absolute atomic E-state index is 0.0207. The molecule has 0 radical (unpaired) electrons. The van der Waals surface area contributed by atoms with Crippen molar-refractivity contribution in [2.45, 2.75) is 12.3 Å². The van der Waals surface area contributed by atoms with Crippen LogP contribution in [0, 0.1) is 0 Å². The van der Waals surface area contributed by atoms with Crippen LogP contribution in [0.2, 0.25) is 0 Å². The third-order valence-corrected chi connectivity index (χ3v) is 4.34. The summed E-state index contributed by atoms with van der Waals surface area (Å²) in [6.45, 7) is 0. The maximum atomic E-state index is 12.4. The van der Waals surface area contributed by atoms with E-state index in [-0.39, 0.29) is 5.56 Å². The zero-order valence-electron chi connectivity index (χ0n) is 15.9. The molecule has 9 heteroatoms. The van der Waals surface area contributed by atoms with Gasteiger partial charge in [0.1, 0.15) is 5.75 Å². The van der Waals surface area contributed by atoms with Crippen LogP contribution in [0.15, 0.2) is 78.9 Å². The quantitative estimate of drug-likeness (QED) is 0.398. The Bertz CT molecular complexity index is 1050. The maximum absolute atomic E-state index is 12.4. The van der Waals surface area contributed by atoms with Gasteiger partial charge in [-0.15, -0.1) is 13.2 Å². The second-order valence-corrected chi connectivity index (χ2v) is 6.47. The number of rotatable bonds is 6. The number of carbonyl (C=O) groups is 2. The van der Waals surface area contributed by atoms with Gasteiger partial charge in [-0.2, -0.15) is 0 Å². The smallest absolute Gasteiger partial charge is 0.406 e. The lowest BCUT2D eigenvalue weighted by Gasteiger charge is -2.16. The van der Waals surface area contributed by atoms with E-state index in [2.05, 4.69) is 10.1 Å². The molecule has 3 aromatic carbocycles. The molecular weight excluding hydrogens is 413 g/mol. The molecule has 3 rings (SSSR count). The minimum Gasteiger partial charge on any atom is -0.406 e. The molecule has 3 N–H and O–H groups in total. The molecule has 0 saturated carbocycles. The van der Waals surface area contributed by atoms with Crippen molar-refractivity contribution < 1.29 is 32.7 Å². The van der Waals surface area contributed by atoms with E-state index in [9.17, 15) is 22.8 Å². The summed E-state index contributed by atoms with van der Waals surface area (Å²) in [7, 11) is 0. The van der Waals surface area contributed by atoms with Crippen LogP contribution in [0.5, 0.6) is 5.75 Å². The molecule has 1 atom stereocenters. The van der Waals surface area contributed by atoms with Gasteiger partial charge >= 0.3 is 6.36 Å². The maximum Gasteiger partial charge on any atom is 0.573 e. The van der Waals surface area contributed by atoms with Crippen LogP contribution in [-0.4, -0.2) is 23.4 Å². The molecule has 0 heterocycles. The van der Waals surface area contributed by atoms with Crippen molar-refractivity contribution in [2.24, 2.45) is 0 Å². The lowest BCUT2D eigenvalue weighted by atomic mass is 9.90. The lowest BCUT2D eigenvalue weighted by Crippen LogP contribution is -2.27. The zero-order valence-corrected chi connectivity index (χ0v) is 15.9. The third-order valence-electron chi connectivity index (χ3n) is 4.34. The molecule has 2 amide bonds. The van der Waals surface area contributed by atoms with Gasteiger partial charge in [-0.3, -0.25) is 14.8 Å². The van der Waals surface area contributed by atoms with Gasteiger partial charge < -0.3 is 10.1 Å². The Morgan fingerprint density at radius 1 is 0.871 bits per heavy atom. The van der Waals surface area contributed by atoms with Gasteiger partial charge in [0.15, 0.2) is 0 Å². The Kier molecular flexibility index (Phi) is 6.56. The van der Waals surface area contributed by atoms with E-state index < -0.39 is 29.8 Å². The van der Waals surface area contributed by atoms with Crippen molar-refractivity contribution in [3.8, 4) is 5.75 Å². The van der Waals surface area contributed by atoms with Crippen LogP contribution in [-0.2, 0) is 4.79 Å². The van der Waals surface area contributed by atoms with Crippen LogP contribution < -0.4 is 15.5 Å². The number of hydroxylamine groups is 1. The van der Waals surface area contributed by atoms with Gasteiger partial charge in [0, 0.05) is 11.3 Å². The molecule has 0 saturated heterocycles. The normalized spacial score (nSPS) is 12.0. The first-order chi connectivity index (χ1) is 14.8. The molecule has 0 aromatic heterocycles. The highest BCUT2D eigenvalue weighted by Gasteiger charge is 2.31. The van der Waals surface area contributed by atoms with E-state index in [0.29, 0.717) is 16.8 Å². The zero-order chi connectivity index (χ0) is 22.4. The fourth-order valence-electron chi connectivity index (χ4n) is 3.00. The molecule has 0 aliphatic carbocycles. The molecule has 0 fully saturated rings. The van der Waals surface area contributed by atoms with E-state index in [0.717, 1.165) is 12.1 Å². The molecule has 31 heavy (non-hydrogen) atoms. The lowest BCUT2D eigenvalue weighted by molar-refractivity contribution is -0.274. The number of hydrogen-bond acceptors (Lipinski definition) is 4. The number of hydrogen-bond donors (Lipinski definition) is 3. The van der Waals surface area contributed by atoms with E-state index in [4.69, 9.17) is 5.21 Å². The molecule has 0 aliphatic heterocycles. The number of anilines is 1. The summed E-state index contributed by atoms with van der Waals surface area (Å²) >= 11 is 0. The first-order valence-electron chi connectivity index (χ1n) is 9.03. The highest BCUT2D eigenvalue weighted by atomic mass is 19.4. The summed E-state index contributed by atoms with van der Waals surface area (Å²) < 4.78 is 40.9. The number of benzene rings is 3. The van der Waals surface area contributed by atoms with Crippen molar-refractivity contribution in [1.29, 1.82) is 0 Å². The standard InChI is InChI=1S/C22H17F3N2O4/c23-22(24,25)31-18-8-4-7-16(13-18)20(28)26-17-11-9-15(10-12-17)19(21(29)27-30)14-5-2-1-3-6-14/h1-13,19,30H,(H,26,28)(H,27,29). The van der Waals surface area contributed by atoms with Gasteiger partial charge in [0.2, 0.25) is 0 Å². The van der Waals surface area contributed by atoms with Crippen LogP contribution in [0.4, 0.5) is 18.9 Å². The van der Waals surface area contributed by atoms with Gasteiger partial charge in [-0.25, -0.2) is 5.48 Å². The van der Waals surface area contributed by atoms with Crippen LogP contribution in [0.1, 0.15) is 27.4 Å². The van der Waals surface area contributed by atoms with Crippen molar-refractivity contribution in [3.63, 3.8) is 0 Å². The average molecular weight is 430 g/mol. The molecule has 0 bridgehead atoms. The van der Waals surface area contributed by atoms with E-state index in [1.54, 1.807) is 60.1 Å². The molecule has 0 aliphatic rings. The molecule has 1 unspecified atom stereocenters. The van der Waals surface area contributed by atoms with Crippen LogP contribution in [0.3, 0.4) is 0 Å². The predicted molar refractivity (Wildman–Crippen MR) is 106 cm³/mol. The molecule has 0 spiro atoms. The first-order valence-corrected chi connectivity index (χ1v) is 9.03. The summed E-state index contributed by atoms with van der Waals surface area (Å²) in [6.07, 6.45) is -4.86. The highest BCUT2D eigenvalue weighted by molar-refractivity contribution is 6.04. The Hall–Kier alpha value is -3.85. The number of nitrogens with one attached hydrogen (secondary N) is 2. The monoisotopic (exact) mass is 430 g/mol. The van der Waals surface area contributed by atoms with Crippen LogP contribution >= 0.6 is 0 Å².